The lowest BCUT2D eigenvalue weighted by Crippen LogP contribution is -2.56. The first-order valence-corrected chi connectivity index (χ1v) is 14.1. The van der Waals surface area contributed by atoms with Crippen molar-refractivity contribution < 1.29 is 22.7 Å². The molecule has 6 atom stereocenters. The Labute approximate surface area is 207 Å². The first-order chi connectivity index (χ1) is 16.7. The third kappa shape index (κ3) is 2.80. The highest BCUT2D eigenvalue weighted by Crippen LogP contribution is 2.77. The summed E-state index contributed by atoms with van der Waals surface area (Å²) in [6.07, 6.45) is 8.05. The Morgan fingerprint density at radius 3 is 2.54 bits per heavy atom. The molecule has 2 fully saturated rings. The van der Waals surface area contributed by atoms with Crippen LogP contribution in [0.1, 0.15) is 56.6 Å². The van der Waals surface area contributed by atoms with E-state index in [-0.39, 0.29) is 17.8 Å². The maximum absolute atomic E-state index is 14.3. The highest BCUT2D eigenvalue weighted by Gasteiger charge is 2.79. The summed E-state index contributed by atoms with van der Waals surface area (Å²) in [5.41, 5.74) is 0.663. The van der Waals surface area contributed by atoms with E-state index in [0.717, 1.165) is 31.4 Å². The van der Waals surface area contributed by atoms with E-state index in [1.807, 2.05) is 18.2 Å². The first-order valence-electron chi connectivity index (χ1n) is 12.5. The van der Waals surface area contributed by atoms with Gasteiger partial charge >= 0.3 is 5.97 Å². The number of fused-ring (bicyclic) bond motifs is 3. The zero-order chi connectivity index (χ0) is 24.6. The Kier molecular flexibility index (Phi) is 4.86. The summed E-state index contributed by atoms with van der Waals surface area (Å²) in [6, 6.07) is 15.1. The smallest absolute Gasteiger partial charge is 0.303 e. The molecule has 0 amide bonds. The molecule has 2 bridgehead atoms. The number of ether oxygens (including phenoxy) is 2. The Morgan fingerprint density at radius 2 is 1.83 bits per heavy atom. The van der Waals surface area contributed by atoms with Crippen LogP contribution < -0.4 is 4.74 Å². The molecule has 6 rings (SSSR count). The van der Waals surface area contributed by atoms with Gasteiger partial charge in [-0.3, -0.25) is 4.79 Å². The van der Waals surface area contributed by atoms with Crippen molar-refractivity contribution in [3.63, 3.8) is 0 Å². The lowest BCUT2D eigenvalue weighted by molar-refractivity contribution is -0.168. The van der Waals surface area contributed by atoms with Gasteiger partial charge in [-0.1, -0.05) is 37.3 Å². The van der Waals surface area contributed by atoms with Crippen LogP contribution in [0, 0.1) is 16.7 Å². The van der Waals surface area contributed by atoms with Crippen LogP contribution in [-0.2, 0) is 25.8 Å². The van der Waals surface area contributed by atoms with Gasteiger partial charge in [-0.05, 0) is 79.0 Å². The van der Waals surface area contributed by atoms with Crippen molar-refractivity contribution in [3.8, 4) is 5.75 Å². The van der Waals surface area contributed by atoms with Gasteiger partial charge in [0, 0.05) is 24.2 Å². The highest BCUT2D eigenvalue weighted by molar-refractivity contribution is 7.92. The van der Waals surface area contributed by atoms with Crippen LogP contribution in [-0.4, -0.2) is 32.3 Å². The van der Waals surface area contributed by atoms with Crippen LogP contribution in [0.3, 0.4) is 0 Å². The van der Waals surface area contributed by atoms with Crippen LogP contribution in [0.25, 0.3) is 0 Å². The quantitative estimate of drug-likeness (QED) is 0.431. The molecule has 0 heterocycles. The molecule has 0 unspecified atom stereocenters. The van der Waals surface area contributed by atoms with Crippen molar-refractivity contribution in [1.82, 2.24) is 0 Å². The standard InChI is InChI=1S/C29H32O5S/c1-19(30)34-28-15-16-29(26(18-28)35(31,32)22-7-5-4-6-8-22)25-12-9-20-17-21(33-3)10-11-23(20)24(25)13-14-27(28,29)2/h4-8,10-11,15-17,24-26H,9,12-14,18H2,1-3H3/t24-,25+,26-,27-,28-,29+/m1/s1. The minimum atomic E-state index is -3.66. The van der Waals surface area contributed by atoms with Gasteiger partial charge in [0.2, 0.25) is 0 Å². The van der Waals surface area contributed by atoms with E-state index in [9.17, 15) is 13.2 Å². The van der Waals surface area contributed by atoms with Gasteiger partial charge in [-0.15, -0.1) is 0 Å². The molecule has 0 N–H and O–H groups in total. The van der Waals surface area contributed by atoms with Gasteiger partial charge < -0.3 is 9.47 Å². The number of benzene rings is 2. The number of sulfone groups is 1. The molecule has 2 aromatic carbocycles. The van der Waals surface area contributed by atoms with Crippen molar-refractivity contribution in [2.45, 2.75) is 67.6 Å². The molecular weight excluding hydrogens is 460 g/mol. The number of aryl methyl sites for hydroxylation is 1. The van der Waals surface area contributed by atoms with E-state index in [1.54, 1.807) is 31.4 Å². The van der Waals surface area contributed by atoms with Crippen LogP contribution in [0.5, 0.6) is 5.75 Å². The molecule has 0 aliphatic heterocycles. The molecule has 35 heavy (non-hydrogen) atoms. The average Bonchev–Trinajstić information content (AvgIpc) is 3.24. The summed E-state index contributed by atoms with van der Waals surface area (Å²) >= 11 is 0. The number of esters is 1. The molecule has 6 heteroatoms. The van der Waals surface area contributed by atoms with Crippen LogP contribution in [0.2, 0.25) is 0 Å². The monoisotopic (exact) mass is 492 g/mol. The fourth-order valence-electron chi connectivity index (χ4n) is 8.38. The van der Waals surface area contributed by atoms with Crippen LogP contribution in [0.4, 0.5) is 0 Å². The molecule has 4 aliphatic carbocycles. The highest BCUT2D eigenvalue weighted by atomic mass is 32.2. The van der Waals surface area contributed by atoms with Crippen molar-refractivity contribution in [3.05, 3.63) is 71.8 Å². The normalized spacial score (nSPS) is 36.7. The van der Waals surface area contributed by atoms with Gasteiger partial charge in [0.15, 0.2) is 9.84 Å². The van der Waals surface area contributed by atoms with E-state index in [0.29, 0.717) is 11.3 Å². The second-order valence-electron chi connectivity index (χ2n) is 11.0. The topological polar surface area (TPSA) is 69.7 Å². The SMILES string of the molecule is COc1ccc2c(c1)CC[C@H]1[C@@H]2CC[C@@]2(C)[C@@]13C=C[C@@]2(OC(C)=O)C[C@H]3S(=O)(=O)c1ccccc1. The van der Waals surface area contributed by atoms with E-state index in [2.05, 4.69) is 25.1 Å². The fraction of sp³-hybridized carbons (Fsp3) is 0.483. The largest absolute Gasteiger partial charge is 0.497 e. The van der Waals surface area contributed by atoms with E-state index in [4.69, 9.17) is 9.47 Å². The minimum Gasteiger partial charge on any atom is -0.497 e. The Balaban J connectivity index is 1.53. The molecule has 0 aromatic heterocycles. The van der Waals surface area contributed by atoms with E-state index < -0.39 is 31.5 Å². The van der Waals surface area contributed by atoms with Gasteiger partial charge in [0.1, 0.15) is 11.4 Å². The maximum atomic E-state index is 14.3. The van der Waals surface area contributed by atoms with Crippen molar-refractivity contribution in [1.29, 1.82) is 0 Å². The fourth-order valence-corrected chi connectivity index (χ4v) is 10.7. The number of carbonyl (C=O) groups is 1. The van der Waals surface area contributed by atoms with Gasteiger partial charge in [-0.2, -0.15) is 0 Å². The second kappa shape index (κ2) is 7.45. The summed E-state index contributed by atoms with van der Waals surface area (Å²) < 4.78 is 40.1. The first kappa shape index (κ1) is 22.8. The summed E-state index contributed by atoms with van der Waals surface area (Å²) in [6.45, 7) is 3.61. The number of carbonyl (C=O) groups excluding carboxylic acids is 1. The number of hydrogen-bond acceptors (Lipinski definition) is 5. The van der Waals surface area contributed by atoms with E-state index in [1.165, 1.54) is 18.1 Å². The zero-order valence-electron chi connectivity index (χ0n) is 20.5. The van der Waals surface area contributed by atoms with Crippen molar-refractivity contribution in [2.75, 3.05) is 7.11 Å². The maximum Gasteiger partial charge on any atom is 0.303 e. The molecule has 5 nitrogen and oxygen atoms in total. The summed E-state index contributed by atoms with van der Waals surface area (Å²) in [5.74, 6) is 0.928. The van der Waals surface area contributed by atoms with Crippen LogP contribution in [0.15, 0.2) is 65.6 Å². The number of rotatable bonds is 4. The predicted octanol–water partition coefficient (Wildman–Crippen LogP) is 5.25. The third-order valence-corrected chi connectivity index (χ3v) is 12.1. The van der Waals surface area contributed by atoms with Gasteiger partial charge in [0.25, 0.3) is 0 Å². The number of hydrogen-bond donors (Lipinski definition) is 0. The molecule has 4 aliphatic rings. The lowest BCUT2D eigenvalue weighted by atomic mass is 9.48. The predicted molar refractivity (Wildman–Crippen MR) is 133 cm³/mol. The molecule has 0 saturated heterocycles. The Morgan fingerprint density at radius 1 is 1.06 bits per heavy atom. The van der Waals surface area contributed by atoms with E-state index >= 15 is 0 Å². The number of methoxy groups -OCH3 is 1. The molecule has 2 saturated carbocycles. The molecule has 0 radical (unpaired) electrons. The van der Waals surface area contributed by atoms with Crippen molar-refractivity contribution in [2.24, 2.45) is 16.7 Å². The summed E-state index contributed by atoms with van der Waals surface area (Å²) in [5, 5.41) is -0.639. The van der Waals surface area contributed by atoms with Crippen molar-refractivity contribution >= 4 is 15.8 Å². The minimum absolute atomic E-state index is 0.154. The van der Waals surface area contributed by atoms with Gasteiger partial charge in [0.05, 0.1) is 17.3 Å². The summed E-state index contributed by atoms with van der Waals surface area (Å²) in [4.78, 5) is 12.7. The zero-order valence-corrected chi connectivity index (χ0v) is 21.3. The molecule has 184 valence electrons. The molecule has 0 spiro atoms. The average molecular weight is 493 g/mol. The third-order valence-electron chi connectivity index (χ3n) is 9.84. The summed E-state index contributed by atoms with van der Waals surface area (Å²) in [7, 11) is -1.97. The molecule has 2 aromatic rings. The molecular formula is C29H32O5S. The van der Waals surface area contributed by atoms with Gasteiger partial charge in [-0.25, -0.2) is 8.42 Å². The number of allylic oxidation sites excluding steroid dienone is 1. The Bertz CT molecular complexity index is 1330. The Hall–Kier alpha value is -2.60. The lowest BCUT2D eigenvalue weighted by Gasteiger charge is -2.57. The second-order valence-corrected chi connectivity index (χ2v) is 13.1. The van der Waals surface area contributed by atoms with Crippen LogP contribution >= 0.6 is 0 Å².